The average Bonchev–Trinajstić information content (AvgIpc) is 2.73. The number of thiophene rings is 1. The van der Waals surface area contributed by atoms with Crippen LogP contribution < -0.4 is 5.73 Å². The van der Waals surface area contributed by atoms with Crippen molar-refractivity contribution in [3.8, 4) is 0 Å². The number of thioether (sulfide) groups is 1. The van der Waals surface area contributed by atoms with Gasteiger partial charge in [0, 0.05) is 34.7 Å². The lowest BCUT2D eigenvalue weighted by atomic mass is 10.2. The molecule has 1 amide bonds. The van der Waals surface area contributed by atoms with Gasteiger partial charge in [0.05, 0.1) is 5.69 Å². The molecule has 0 aromatic carbocycles. The van der Waals surface area contributed by atoms with E-state index in [0.29, 0.717) is 21.1 Å². The van der Waals surface area contributed by atoms with Crippen molar-refractivity contribution in [2.24, 2.45) is 0 Å². The van der Waals surface area contributed by atoms with Crippen LogP contribution in [0.3, 0.4) is 0 Å². The molecule has 21 heavy (non-hydrogen) atoms. The molecule has 1 saturated heterocycles. The zero-order valence-corrected chi connectivity index (χ0v) is 14.1. The van der Waals surface area contributed by atoms with Gasteiger partial charge >= 0.3 is 0 Å². The minimum atomic E-state index is 0.0483. The zero-order valence-electron chi connectivity index (χ0n) is 12.4. The molecule has 0 radical (unpaired) electrons. The predicted octanol–water partition coefficient (Wildman–Crippen LogP) is 3.15. The lowest BCUT2D eigenvalue weighted by Gasteiger charge is -2.34. The SMILES string of the molecule is Cc1ccc2c(N)c(C(=O)N3CC(C)SC(C)C3)sc2n1. The number of nitrogens with two attached hydrogens (primary N) is 1. The fraction of sp³-hybridized carbons (Fsp3) is 0.467. The molecule has 2 atom stereocenters. The number of fused-ring (bicyclic) bond motifs is 1. The van der Waals surface area contributed by atoms with E-state index in [1.54, 1.807) is 0 Å². The molecule has 2 aromatic rings. The lowest BCUT2D eigenvalue weighted by Crippen LogP contribution is -2.43. The van der Waals surface area contributed by atoms with Crippen molar-refractivity contribution in [1.82, 2.24) is 9.88 Å². The molecule has 0 spiro atoms. The van der Waals surface area contributed by atoms with E-state index in [1.807, 2.05) is 35.7 Å². The van der Waals surface area contributed by atoms with Crippen LogP contribution in [-0.2, 0) is 0 Å². The van der Waals surface area contributed by atoms with Crippen LogP contribution >= 0.6 is 23.1 Å². The Morgan fingerprint density at radius 2 is 2.00 bits per heavy atom. The molecule has 2 aromatic heterocycles. The summed E-state index contributed by atoms with van der Waals surface area (Å²) >= 11 is 3.34. The van der Waals surface area contributed by atoms with Crippen LogP contribution in [0.2, 0.25) is 0 Å². The first-order valence-electron chi connectivity index (χ1n) is 7.06. The van der Waals surface area contributed by atoms with Gasteiger partial charge in [0.1, 0.15) is 9.71 Å². The van der Waals surface area contributed by atoms with Crippen LogP contribution in [0.25, 0.3) is 10.2 Å². The average molecular weight is 321 g/mol. The maximum Gasteiger partial charge on any atom is 0.266 e. The fourth-order valence-electron chi connectivity index (χ4n) is 2.74. The van der Waals surface area contributed by atoms with Crippen LogP contribution in [0.4, 0.5) is 5.69 Å². The van der Waals surface area contributed by atoms with Crippen molar-refractivity contribution in [3.63, 3.8) is 0 Å². The number of hydrogen-bond donors (Lipinski definition) is 1. The Morgan fingerprint density at radius 1 is 1.33 bits per heavy atom. The van der Waals surface area contributed by atoms with E-state index < -0.39 is 0 Å². The number of pyridine rings is 1. The molecule has 2 N–H and O–H groups in total. The number of nitrogens with zero attached hydrogens (tertiary/aromatic N) is 2. The van der Waals surface area contributed by atoms with E-state index in [-0.39, 0.29) is 5.91 Å². The summed E-state index contributed by atoms with van der Waals surface area (Å²) in [4.78, 5) is 20.7. The Labute approximate surface area is 132 Å². The van der Waals surface area contributed by atoms with Gasteiger partial charge in [-0.15, -0.1) is 11.3 Å². The van der Waals surface area contributed by atoms with E-state index in [9.17, 15) is 4.79 Å². The molecule has 6 heteroatoms. The number of hydrogen-bond acceptors (Lipinski definition) is 5. The molecule has 3 heterocycles. The molecule has 1 aliphatic rings. The van der Waals surface area contributed by atoms with E-state index in [4.69, 9.17) is 5.73 Å². The number of amides is 1. The van der Waals surface area contributed by atoms with Crippen LogP contribution in [0, 0.1) is 6.92 Å². The van der Waals surface area contributed by atoms with Gasteiger partial charge in [-0.05, 0) is 19.1 Å². The second-order valence-corrected chi connectivity index (χ2v) is 8.50. The molecule has 1 aliphatic heterocycles. The highest BCUT2D eigenvalue weighted by molar-refractivity contribution is 8.00. The lowest BCUT2D eigenvalue weighted by molar-refractivity contribution is 0.0759. The zero-order chi connectivity index (χ0) is 15.1. The third-order valence-corrected chi connectivity index (χ3v) is 5.96. The first-order valence-corrected chi connectivity index (χ1v) is 8.82. The molecule has 0 bridgehead atoms. The minimum absolute atomic E-state index is 0.0483. The highest BCUT2D eigenvalue weighted by Crippen LogP contribution is 2.35. The topological polar surface area (TPSA) is 59.2 Å². The summed E-state index contributed by atoms with van der Waals surface area (Å²) in [5.41, 5.74) is 7.70. The number of aromatic nitrogens is 1. The fourth-order valence-corrected chi connectivity index (χ4v) is 5.17. The largest absolute Gasteiger partial charge is 0.397 e. The Hall–Kier alpha value is -1.27. The third kappa shape index (κ3) is 2.74. The van der Waals surface area contributed by atoms with Crippen molar-refractivity contribution >= 4 is 44.9 Å². The molecule has 112 valence electrons. The summed E-state index contributed by atoms with van der Waals surface area (Å²) in [7, 11) is 0. The number of aryl methyl sites for hydroxylation is 1. The van der Waals surface area contributed by atoms with Crippen molar-refractivity contribution < 1.29 is 4.79 Å². The Bertz CT molecular complexity index is 688. The number of carbonyl (C=O) groups is 1. The van der Waals surface area contributed by atoms with Crippen molar-refractivity contribution in [2.45, 2.75) is 31.3 Å². The first-order chi connectivity index (χ1) is 9.95. The van der Waals surface area contributed by atoms with E-state index >= 15 is 0 Å². The molecule has 2 unspecified atom stereocenters. The number of nitrogen functional groups attached to an aromatic ring is 1. The second kappa shape index (κ2) is 5.50. The summed E-state index contributed by atoms with van der Waals surface area (Å²) in [6.07, 6.45) is 0. The molecular formula is C15H19N3OS2. The van der Waals surface area contributed by atoms with Crippen LogP contribution in [-0.4, -0.2) is 39.4 Å². The summed E-state index contributed by atoms with van der Waals surface area (Å²) < 4.78 is 0. The van der Waals surface area contributed by atoms with Crippen LogP contribution in [0.1, 0.15) is 29.2 Å². The summed E-state index contributed by atoms with van der Waals surface area (Å²) in [5.74, 6) is 0.0483. The summed E-state index contributed by atoms with van der Waals surface area (Å²) in [6.45, 7) is 7.85. The van der Waals surface area contributed by atoms with Gasteiger partial charge in [-0.3, -0.25) is 4.79 Å². The smallest absolute Gasteiger partial charge is 0.266 e. The van der Waals surface area contributed by atoms with Crippen molar-refractivity contribution in [2.75, 3.05) is 18.8 Å². The number of rotatable bonds is 1. The predicted molar refractivity (Wildman–Crippen MR) is 91.2 cm³/mol. The Morgan fingerprint density at radius 3 is 2.67 bits per heavy atom. The normalized spacial score (nSPS) is 22.7. The standard InChI is InChI=1S/C15H19N3OS2/c1-8-4-5-11-12(16)13(21-14(11)17-8)15(19)18-6-9(2)20-10(3)7-18/h4-5,9-10H,6-7,16H2,1-3H3. The van der Waals surface area contributed by atoms with E-state index in [0.717, 1.165) is 29.0 Å². The molecule has 4 nitrogen and oxygen atoms in total. The molecule has 0 aliphatic carbocycles. The van der Waals surface area contributed by atoms with Crippen LogP contribution in [0.15, 0.2) is 12.1 Å². The van der Waals surface area contributed by atoms with Crippen LogP contribution in [0.5, 0.6) is 0 Å². The molecule has 0 saturated carbocycles. The molecule has 1 fully saturated rings. The van der Waals surface area contributed by atoms with Gasteiger partial charge in [0.15, 0.2) is 0 Å². The highest BCUT2D eigenvalue weighted by Gasteiger charge is 2.29. The quantitative estimate of drug-likeness (QED) is 0.876. The Balaban J connectivity index is 1.96. The van der Waals surface area contributed by atoms with Gasteiger partial charge in [-0.25, -0.2) is 4.98 Å². The van der Waals surface area contributed by atoms with Crippen molar-refractivity contribution in [1.29, 1.82) is 0 Å². The first kappa shape index (κ1) is 14.7. The summed E-state index contributed by atoms with van der Waals surface area (Å²) in [6, 6.07) is 3.89. The molecule has 3 rings (SSSR count). The van der Waals surface area contributed by atoms with Gasteiger partial charge in [-0.1, -0.05) is 13.8 Å². The van der Waals surface area contributed by atoms with Gasteiger partial charge < -0.3 is 10.6 Å². The number of carbonyl (C=O) groups excluding carboxylic acids is 1. The number of anilines is 1. The third-order valence-electron chi connectivity index (χ3n) is 3.63. The Kier molecular flexibility index (Phi) is 3.84. The van der Waals surface area contributed by atoms with Gasteiger partial charge in [0.2, 0.25) is 0 Å². The monoisotopic (exact) mass is 321 g/mol. The van der Waals surface area contributed by atoms with Gasteiger partial charge in [-0.2, -0.15) is 11.8 Å². The minimum Gasteiger partial charge on any atom is -0.397 e. The van der Waals surface area contributed by atoms with E-state index in [1.165, 1.54) is 11.3 Å². The molecular weight excluding hydrogens is 302 g/mol. The van der Waals surface area contributed by atoms with E-state index in [2.05, 4.69) is 18.8 Å². The maximum absolute atomic E-state index is 12.8. The summed E-state index contributed by atoms with van der Waals surface area (Å²) in [5, 5.41) is 1.82. The highest BCUT2D eigenvalue weighted by atomic mass is 32.2. The van der Waals surface area contributed by atoms with Gasteiger partial charge in [0.25, 0.3) is 5.91 Å². The second-order valence-electron chi connectivity index (χ2n) is 5.62. The maximum atomic E-state index is 12.8. The van der Waals surface area contributed by atoms with Crippen molar-refractivity contribution in [3.05, 3.63) is 22.7 Å².